The highest BCUT2D eigenvalue weighted by Crippen LogP contribution is 2.30. The zero-order valence-corrected chi connectivity index (χ0v) is 10.7. The van der Waals surface area contributed by atoms with Crippen LogP contribution in [0.2, 0.25) is 0 Å². The molecule has 0 bridgehead atoms. The van der Waals surface area contributed by atoms with Gasteiger partial charge >= 0.3 is 0 Å². The van der Waals surface area contributed by atoms with E-state index >= 15 is 0 Å². The molecule has 0 amide bonds. The molecular weight excluding hydrogens is 216 g/mol. The van der Waals surface area contributed by atoms with E-state index in [9.17, 15) is 0 Å². The van der Waals surface area contributed by atoms with Crippen molar-refractivity contribution in [3.8, 4) is 10.6 Å². The molecule has 3 heteroatoms. The molecule has 0 radical (unpaired) electrons. The number of hydrogen-bond acceptors (Lipinski definition) is 3. The first-order chi connectivity index (χ1) is 7.61. The van der Waals surface area contributed by atoms with E-state index in [0.29, 0.717) is 6.54 Å². The Hall–Kier alpha value is -1.19. The van der Waals surface area contributed by atoms with Crippen LogP contribution in [-0.4, -0.2) is 4.98 Å². The van der Waals surface area contributed by atoms with E-state index in [0.717, 1.165) is 10.7 Å². The fraction of sp³-hybridized carbons (Fsp3) is 0.308. The van der Waals surface area contributed by atoms with Gasteiger partial charge < -0.3 is 5.73 Å². The van der Waals surface area contributed by atoms with Crippen molar-refractivity contribution in [2.75, 3.05) is 0 Å². The number of nitrogens with zero attached hydrogens (tertiary/aromatic N) is 1. The van der Waals surface area contributed by atoms with Crippen LogP contribution in [0.1, 0.15) is 21.7 Å². The Morgan fingerprint density at radius 1 is 1.25 bits per heavy atom. The zero-order valence-electron chi connectivity index (χ0n) is 9.87. The summed E-state index contributed by atoms with van der Waals surface area (Å²) in [7, 11) is 0. The first-order valence-corrected chi connectivity index (χ1v) is 6.17. The second-order valence-corrected chi connectivity index (χ2v) is 5.25. The summed E-state index contributed by atoms with van der Waals surface area (Å²) in [5.74, 6) is 0. The van der Waals surface area contributed by atoms with Crippen LogP contribution in [0.4, 0.5) is 0 Å². The topological polar surface area (TPSA) is 38.9 Å². The molecule has 0 atom stereocenters. The van der Waals surface area contributed by atoms with E-state index in [2.05, 4.69) is 44.0 Å². The average molecular weight is 232 g/mol. The standard InChI is InChI=1S/C13H16N2S/c1-8-4-5-11(9(2)6-8)13-15-12(7-14)10(3)16-13/h4-6H,7,14H2,1-3H3. The van der Waals surface area contributed by atoms with Crippen molar-refractivity contribution in [3.05, 3.63) is 39.9 Å². The highest BCUT2D eigenvalue weighted by atomic mass is 32.1. The summed E-state index contributed by atoms with van der Waals surface area (Å²) in [6.45, 7) is 6.83. The van der Waals surface area contributed by atoms with Crippen LogP contribution in [-0.2, 0) is 6.54 Å². The summed E-state index contributed by atoms with van der Waals surface area (Å²) >= 11 is 1.72. The van der Waals surface area contributed by atoms with E-state index in [1.54, 1.807) is 11.3 Å². The average Bonchev–Trinajstić information content (AvgIpc) is 2.59. The molecule has 0 aliphatic rings. The molecule has 16 heavy (non-hydrogen) atoms. The number of rotatable bonds is 2. The molecule has 0 fully saturated rings. The molecule has 0 unspecified atom stereocenters. The summed E-state index contributed by atoms with van der Waals surface area (Å²) in [6.07, 6.45) is 0. The number of aromatic nitrogens is 1. The fourth-order valence-electron chi connectivity index (χ4n) is 1.79. The van der Waals surface area contributed by atoms with E-state index in [1.807, 2.05) is 0 Å². The van der Waals surface area contributed by atoms with E-state index < -0.39 is 0 Å². The van der Waals surface area contributed by atoms with E-state index in [4.69, 9.17) is 5.73 Å². The lowest BCUT2D eigenvalue weighted by atomic mass is 10.1. The second kappa shape index (κ2) is 4.36. The Balaban J connectivity index is 2.50. The quantitative estimate of drug-likeness (QED) is 0.863. The Labute approximate surface area is 100 Å². The zero-order chi connectivity index (χ0) is 11.7. The van der Waals surface area contributed by atoms with Gasteiger partial charge in [0.1, 0.15) is 5.01 Å². The van der Waals surface area contributed by atoms with Crippen molar-refractivity contribution in [2.24, 2.45) is 5.73 Å². The largest absolute Gasteiger partial charge is 0.325 e. The first-order valence-electron chi connectivity index (χ1n) is 5.36. The molecule has 0 aliphatic carbocycles. The molecule has 1 heterocycles. The molecule has 0 saturated carbocycles. The fourth-order valence-corrected chi connectivity index (χ4v) is 2.82. The predicted octanol–water partition coefficient (Wildman–Crippen LogP) is 3.19. The minimum atomic E-state index is 0.521. The van der Waals surface area contributed by atoms with Gasteiger partial charge in [0.15, 0.2) is 0 Å². The van der Waals surface area contributed by atoms with Gasteiger partial charge in [-0.25, -0.2) is 4.98 Å². The van der Waals surface area contributed by atoms with Crippen LogP contribution in [0.25, 0.3) is 10.6 Å². The van der Waals surface area contributed by atoms with Crippen LogP contribution in [0.5, 0.6) is 0 Å². The highest BCUT2D eigenvalue weighted by Gasteiger charge is 2.09. The minimum Gasteiger partial charge on any atom is -0.325 e. The van der Waals surface area contributed by atoms with Gasteiger partial charge in [0, 0.05) is 17.0 Å². The van der Waals surface area contributed by atoms with Crippen molar-refractivity contribution < 1.29 is 0 Å². The molecule has 84 valence electrons. The summed E-state index contributed by atoms with van der Waals surface area (Å²) in [5.41, 5.74) is 10.4. The minimum absolute atomic E-state index is 0.521. The third-order valence-electron chi connectivity index (χ3n) is 2.70. The second-order valence-electron chi connectivity index (χ2n) is 4.04. The number of thiazole rings is 1. The molecule has 0 aliphatic heterocycles. The predicted molar refractivity (Wildman–Crippen MR) is 69.7 cm³/mol. The van der Waals surface area contributed by atoms with Crippen LogP contribution in [0.15, 0.2) is 18.2 Å². The number of benzene rings is 1. The van der Waals surface area contributed by atoms with Crippen LogP contribution >= 0.6 is 11.3 Å². The maximum absolute atomic E-state index is 5.65. The Morgan fingerprint density at radius 3 is 2.56 bits per heavy atom. The molecule has 0 spiro atoms. The SMILES string of the molecule is Cc1ccc(-c2nc(CN)c(C)s2)c(C)c1. The molecule has 2 aromatic rings. The normalized spacial score (nSPS) is 10.8. The lowest BCUT2D eigenvalue weighted by Gasteiger charge is -2.02. The van der Waals surface area contributed by atoms with Gasteiger partial charge in [-0.05, 0) is 26.3 Å². The molecule has 1 aromatic heterocycles. The summed E-state index contributed by atoms with van der Waals surface area (Å²) in [6, 6.07) is 6.46. The summed E-state index contributed by atoms with van der Waals surface area (Å²) in [5, 5.41) is 1.08. The lowest BCUT2D eigenvalue weighted by molar-refractivity contribution is 0.998. The van der Waals surface area contributed by atoms with Crippen LogP contribution < -0.4 is 5.73 Å². The molecule has 2 rings (SSSR count). The van der Waals surface area contributed by atoms with Crippen LogP contribution in [0, 0.1) is 20.8 Å². The van der Waals surface area contributed by atoms with Gasteiger partial charge in [0.05, 0.1) is 5.69 Å². The number of nitrogens with two attached hydrogens (primary N) is 1. The molecule has 2 N–H and O–H groups in total. The summed E-state index contributed by atoms with van der Waals surface area (Å²) < 4.78 is 0. The summed E-state index contributed by atoms with van der Waals surface area (Å²) in [4.78, 5) is 5.80. The van der Waals surface area contributed by atoms with Crippen molar-refractivity contribution >= 4 is 11.3 Å². The third-order valence-corrected chi connectivity index (χ3v) is 3.74. The van der Waals surface area contributed by atoms with Gasteiger partial charge in [-0.3, -0.25) is 0 Å². The number of aryl methyl sites for hydroxylation is 3. The number of hydrogen-bond donors (Lipinski definition) is 1. The smallest absolute Gasteiger partial charge is 0.124 e. The van der Waals surface area contributed by atoms with Crippen molar-refractivity contribution in [1.29, 1.82) is 0 Å². The van der Waals surface area contributed by atoms with Gasteiger partial charge in [-0.1, -0.05) is 23.8 Å². The highest BCUT2D eigenvalue weighted by molar-refractivity contribution is 7.15. The van der Waals surface area contributed by atoms with Crippen LogP contribution in [0.3, 0.4) is 0 Å². The van der Waals surface area contributed by atoms with Gasteiger partial charge in [-0.2, -0.15) is 0 Å². The monoisotopic (exact) mass is 232 g/mol. The maximum Gasteiger partial charge on any atom is 0.124 e. The van der Waals surface area contributed by atoms with E-state index in [1.165, 1.54) is 21.6 Å². The van der Waals surface area contributed by atoms with Gasteiger partial charge in [-0.15, -0.1) is 11.3 Å². The lowest BCUT2D eigenvalue weighted by Crippen LogP contribution is -1.98. The van der Waals surface area contributed by atoms with Gasteiger partial charge in [0.2, 0.25) is 0 Å². The third kappa shape index (κ3) is 2.01. The van der Waals surface area contributed by atoms with Crippen molar-refractivity contribution in [2.45, 2.75) is 27.3 Å². The van der Waals surface area contributed by atoms with Crippen molar-refractivity contribution in [3.63, 3.8) is 0 Å². The molecular formula is C13H16N2S. The van der Waals surface area contributed by atoms with Gasteiger partial charge in [0.25, 0.3) is 0 Å². The first kappa shape index (κ1) is 11.3. The molecule has 2 nitrogen and oxygen atoms in total. The van der Waals surface area contributed by atoms with E-state index in [-0.39, 0.29) is 0 Å². The Bertz CT molecular complexity index is 515. The Kier molecular flexibility index (Phi) is 3.08. The Morgan fingerprint density at radius 2 is 2.00 bits per heavy atom. The molecule has 0 saturated heterocycles. The molecule has 1 aromatic carbocycles. The van der Waals surface area contributed by atoms with Crippen molar-refractivity contribution in [1.82, 2.24) is 4.98 Å². The maximum atomic E-state index is 5.65.